The molecule has 0 radical (unpaired) electrons. The SMILES string of the molecule is Nc1nc(/C(=N/OCF)C(=O)N[C@@H]2C(=O)N3C(C(=O)O)=C(C[n+]4cc5scc(C(F)F)n5c4)CS[C@H]23)ns1. The van der Waals surface area contributed by atoms with Crippen molar-refractivity contribution in [3.8, 4) is 0 Å². The predicted molar refractivity (Wildman–Crippen MR) is 128 cm³/mol. The molecule has 38 heavy (non-hydrogen) atoms. The van der Waals surface area contributed by atoms with E-state index in [4.69, 9.17) is 5.73 Å². The Labute approximate surface area is 222 Å². The average molecular weight is 590 g/mol. The second kappa shape index (κ2) is 10.2. The Balaban J connectivity index is 1.35. The van der Waals surface area contributed by atoms with Crippen LogP contribution in [-0.4, -0.2) is 71.3 Å². The number of aromatic nitrogens is 4. The Morgan fingerprint density at radius 1 is 1.42 bits per heavy atom. The summed E-state index contributed by atoms with van der Waals surface area (Å²) >= 11 is 3.10. The highest BCUT2D eigenvalue weighted by atomic mass is 32.2. The number of carbonyl (C=O) groups is 3. The molecular formula is C19H16F3N8O5S3+. The molecule has 2 amide bonds. The Kier molecular flexibility index (Phi) is 6.97. The first kappa shape index (κ1) is 25.9. The summed E-state index contributed by atoms with van der Waals surface area (Å²) in [6.45, 7) is -1.28. The van der Waals surface area contributed by atoms with Crippen LogP contribution in [-0.2, 0) is 25.8 Å². The fraction of sp³-hybridized carbons (Fsp3) is 0.316. The third-order valence-electron chi connectivity index (χ3n) is 5.56. The molecule has 0 aliphatic carbocycles. The maximum atomic E-state index is 13.2. The topological polar surface area (TPSA) is 168 Å². The monoisotopic (exact) mass is 589 g/mol. The zero-order valence-corrected chi connectivity index (χ0v) is 21.2. The predicted octanol–water partition coefficient (Wildman–Crippen LogP) is 0.746. The molecule has 0 unspecified atom stereocenters. The van der Waals surface area contributed by atoms with E-state index in [1.54, 1.807) is 10.8 Å². The van der Waals surface area contributed by atoms with E-state index in [1.165, 1.54) is 27.9 Å². The normalized spacial score (nSPS) is 19.6. The maximum absolute atomic E-state index is 13.2. The van der Waals surface area contributed by atoms with Gasteiger partial charge in [0.1, 0.15) is 29.9 Å². The van der Waals surface area contributed by atoms with E-state index in [1.807, 2.05) is 0 Å². The van der Waals surface area contributed by atoms with Crippen molar-refractivity contribution < 1.29 is 42.1 Å². The van der Waals surface area contributed by atoms with E-state index >= 15 is 0 Å². The van der Waals surface area contributed by atoms with Gasteiger partial charge in [-0.1, -0.05) is 16.5 Å². The molecule has 2 aliphatic heterocycles. The van der Waals surface area contributed by atoms with Crippen LogP contribution in [0, 0.1) is 0 Å². The zero-order valence-electron chi connectivity index (χ0n) is 18.8. The Hall–Kier alpha value is -3.71. The summed E-state index contributed by atoms with van der Waals surface area (Å²) in [5.41, 5.74) is 4.98. The molecule has 3 aromatic rings. The van der Waals surface area contributed by atoms with Crippen molar-refractivity contribution in [2.75, 3.05) is 18.3 Å². The number of thiazole rings is 1. The van der Waals surface area contributed by atoms with Crippen molar-refractivity contribution in [3.05, 3.63) is 40.7 Å². The van der Waals surface area contributed by atoms with E-state index in [-0.39, 0.29) is 34.6 Å². The van der Waals surface area contributed by atoms with Crippen LogP contribution in [0.25, 0.3) is 4.83 Å². The van der Waals surface area contributed by atoms with Gasteiger partial charge in [0, 0.05) is 28.2 Å². The minimum absolute atomic E-state index is 0.0182. The van der Waals surface area contributed by atoms with Crippen LogP contribution in [0.4, 0.5) is 18.3 Å². The van der Waals surface area contributed by atoms with E-state index in [0.717, 1.165) is 27.8 Å². The van der Waals surface area contributed by atoms with E-state index in [0.29, 0.717) is 10.4 Å². The van der Waals surface area contributed by atoms with Gasteiger partial charge in [-0.15, -0.1) is 11.8 Å². The van der Waals surface area contributed by atoms with Crippen LogP contribution < -0.4 is 15.6 Å². The van der Waals surface area contributed by atoms with Gasteiger partial charge in [-0.3, -0.25) is 14.5 Å². The summed E-state index contributed by atoms with van der Waals surface area (Å²) in [6.07, 6.45) is 0.380. The number of nitrogens with zero attached hydrogens (tertiary/aromatic N) is 6. The lowest BCUT2D eigenvalue weighted by atomic mass is 10.0. The molecule has 0 spiro atoms. The number of hydrogen-bond donors (Lipinski definition) is 3. The number of alkyl halides is 3. The number of fused-ring (bicyclic) bond motifs is 2. The van der Waals surface area contributed by atoms with Crippen LogP contribution in [0.3, 0.4) is 0 Å². The summed E-state index contributed by atoms with van der Waals surface area (Å²) in [4.78, 5) is 47.7. The number of nitrogens with one attached hydrogen (secondary N) is 1. The van der Waals surface area contributed by atoms with Gasteiger partial charge in [0.15, 0.2) is 10.8 Å². The van der Waals surface area contributed by atoms with Crippen molar-refractivity contribution in [3.63, 3.8) is 0 Å². The second-order valence-electron chi connectivity index (χ2n) is 7.84. The molecule has 4 N–H and O–H groups in total. The molecule has 200 valence electrons. The number of nitrogen functional groups attached to an aromatic ring is 1. The lowest BCUT2D eigenvalue weighted by molar-refractivity contribution is -0.687. The summed E-state index contributed by atoms with van der Waals surface area (Å²) in [5.74, 6) is -3.02. The first-order chi connectivity index (χ1) is 18.2. The molecule has 1 fully saturated rings. The van der Waals surface area contributed by atoms with Crippen LogP contribution in [0.5, 0.6) is 0 Å². The minimum atomic E-state index is -2.67. The molecular weight excluding hydrogens is 573 g/mol. The molecule has 3 aromatic heterocycles. The quantitative estimate of drug-likeness (QED) is 0.141. The number of thioether (sulfide) groups is 1. The molecule has 5 heterocycles. The number of halogens is 3. The summed E-state index contributed by atoms with van der Waals surface area (Å²) < 4.78 is 45.6. The van der Waals surface area contributed by atoms with Gasteiger partial charge in [-0.25, -0.2) is 22.5 Å². The third kappa shape index (κ3) is 4.56. The van der Waals surface area contributed by atoms with Gasteiger partial charge in [0.25, 0.3) is 25.1 Å². The van der Waals surface area contributed by atoms with Crippen LogP contribution in [0.2, 0.25) is 0 Å². The number of hydrogen-bond acceptors (Lipinski definition) is 11. The largest absolute Gasteiger partial charge is 0.477 e. The molecule has 19 heteroatoms. The number of carboxylic acids is 1. The standard InChI is InChI=1S/C19H15F3N8O5S3/c20-5-35-26-10(14-25-19(23)38-27-14)15(31)24-11-16(32)30-12(18(33)34)7(3-37-17(11)30)1-28-2-9-29(6-28)8(4-36-9)13(21)22/h2,4,6,11,13,17H,1,3,5H2,(H3-,23,24,25,27,31,33,34)/p+1/b26-10-/t11-,17-/m1/s1. The summed E-state index contributed by atoms with van der Waals surface area (Å²) in [5, 5.41) is 16.3. The van der Waals surface area contributed by atoms with Crippen LogP contribution >= 0.6 is 34.6 Å². The lowest BCUT2D eigenvalue weighted by Gasteiger charge is -2.49. The number of amides is 2. The first-order valence-electron chi connectivity index (χ1n) is 10.5. The molecule has 0 bridgehead atoms. The Morgan fingerprint density at radius 3 is 2.87 bits per heavy atom. The van der Waals surface area contributed by atoms with E-state index in [2.05, 4.69) is 24.7 Å². The van der Waals surface area contributed by atoms with Crippen molar-refractivity contribution in [1.82, 2.24) is 24.0 Å². The summed E-state index contributed by atoms with van der Waals surface area (Å²) in [7, 11) is 0. The van der Waals surface area contributed by atoms with Gasteiger partial charge >= 0.3 is 5.97 Å². The van der Waals surface area contributed by atoms with Gasteiger partial charge in [-0.05, 0) is 0 Å². The smallest absolute Gasteiger partial charge is 0.352 e. The number of imidazole rings is 1. The number of rotatable bonds is 9. The number of oxime groups is 1. The third-order valence-corrected chi connectivity index (χ3v) is 8.35. The van der Waals surface area contributed by atoms with Gasteiger partial charge < -0.3 is 21.0 Å². The molecule has 5 rings (SSSR count). The average Bonchev–Trinajstić information content (AvgIpc) is 3.58. The molecule has 13 nitrogen and oxygen atoms in total. The number of aliphatic carboxylic acids is 1. The molecule has 2 atom stereocenters. The Bertz CT molecular complexity index is 1500. The van der Waals surface area contributed by atoms with Crippen molar-refractivity contribution >= 4 is 68.1 Å². The highest BCUT2D eigenvalue weighted by Crippen LogP contribution is 2.40. The van der Waals surface area contributed by atoms with E-state index < -0.39 is 48.2 Å². The van der Waals surface area contributed by atoms with Crippen LogP contribution in [0.15, 0.2) is 34.3 Å². The van der Waals surface area contributed by atoms with Crippen molar-refractivity contribution in [2.24, 2.45) is 5.16 Å². The van der Waals surface area contributed by atoms with Crippen molar-refractivity contribution in [1.29, 1.82) is 0 Å². The molecule has 1 saturated heterocycles. The minimum Gasteiger partial charge on any atom is -0.477 e. The maximum Gasteiger partial charge on any atom is 0.352 e. The first-order valence-corrected chi connectivity index (χ1v) is 13.2. The van der Waals surface area contributed by atoms with Crippen molar-refractivity contribution in [2.45, 2.75) is 24.4 Å². The number of carboxylic acid groups (broad SMARTS) is 1. The zero-order chi connectivity index (χ0) is 27.1. The number of β-lactam (4-membered cyclic amide) rings is 1. The number of nitrogens with two attached hydrogens (primary N) is 1. The van der Waals surface area contributed by atoms with Gasteiger partial charge in [-0.2, -0.15) is 13.8 Å². The Morgan fingerprint density at radius 2 is 2.21 bits per heavy atom. The fourth-order valence-corrected chi connectivity index (χ4v) is 6.67. The number of carbonyl (C=O) groups excluding carboxylic acids is 2. The van der Waals surface area contributed by atoms with E-state index in [9.17, 15) is 32.7 Å². The molecule has 0 aromatic carbocycles. The van der Waals surface area contributed by atoms with Crippen LogP contribution in [0.1, 0.15) is 17.9 Å². The fourth-order valence-electron chi connectivity index (χ4n) is 3.98. The highest BCUT2D eigenvalue weighted by Gasteiger charge is 2.54. The second-order valence-corrected chi connectivity index (χ2v) is 10.6. The summed E-state index contributed by atoms with van der Waals surface area (Å²) in [6, 6.07) is -1.11. The molecule has 2 aliphatic rings. The molecule has 0 saturated carbocycles. The highest BCUT2D eigenvalue weighted by molar-refractivity contribution is 8.00. The lowest BCUT2D eigenvalue weighted by Crippen LogP contribution is -2.71. The van der Waals surface area contributed by atoms with Gasteiger partial charge in [0.05, 0.1) is 0 Å². The number of anilines is 1. The van der Waals surface area contributed by atoms with Gasteiger partial charge in [0.2, 0.25) is 22.7 Å².